The van der Waals surface area contributed by atoms with E-state index in [2.05, 4.69) is 20.9 Å². The standard InChI is InChI=1S/C16H15FN4S/c17-15-11-12(5-6-18-15)20-7-9-21(10-8-20)16-19-13-3-1-2-4-14(13)22-16/h1-6,11H,7-10H2. The van der Waals surface area contributed by atoms with E-state index in [0.717, 1.165) is 42.5 Å². The van der Waals surface area contributed by atoms with Crippen molar-refractivity contribution in [1.82, 2.24) is 9.97 Å². The topological polar surface area (TPSA) is 32.3 Å². The van der Waals surface area contributed by atoms with Gasteiger partial charge in [0.2, 0.25) is 5.95 Å². The highest BCUT2D eigenvalue weighted by Gasteiger charge is 2.20. The highest BCUT2D eigenvalue weighted by atomic mass is 32.1. The summed E-state index contributed by atoms with van der Waals surface area (Å²) in [4.78, 5) is 12.8. The first-order valence-corrected chi connectivity index (χ1v) is 8.08. The Balaban J connectivity index is 1.49. The Morgan fingerprint density at radius 3 is 2.55 bits per heavy atom. The predicted octanol–water partition coefficient (Wildman–Crippen LogP) is 3.16. The number of hydrogen-bond acceptors (Lipinski definition) is 5. The SMILES string of the molecule is Fc1cc(N2CCN(c3nc4ccccc4s3)CC2)ccn1. The lowest BCUT2D eigenvalue weighted by Gasteiger charge is -2.35. The molecule has 112 valence electrons. The van der Waals surface area contributed by atoms with Gasteiger partial charge in [0.15, 0.2) is 5.13 Å². The third kappa shape index (κ3) is 2.50. The van der Waals surface area contributed by atoms with E-state index < -0.39 is 5.95 Å². The number of aromatic nitrogens is 2. The normalized spacial score (nSPS) is 15.5. The van der Waals surface area contributed by atoms with Crippen molar-refractivity contribution >= 4 is 32.4 Å². The minimum atomic E-state index is -0.425. The Hall–Kier alpha value is -2.21. The summed E-state index contributed by atoms with van der Waals surface area (Å²) in [6.07, 6.45) is 1.52. The molecular formula is C16H15FN4S. The Morgan fingerprint density at radius 2 is 1.77 bits per heavy atom. The third-order valence-electron chi connectivity index (χ3n) is 3.91. The zero-order chi connectivity index (χ0) is 14.9. The van der Waals surface area contributed by atoms with Gasteiger partial charge in [-0.15, -0.1) is 0 Å². The van der Waals surface area contributed by atoms with Crippen LogP contribution < -0.4 is 9.80 Å². The van der Waals surface area contributed by atoms with Gasteiger partial charge in [0.25, 0.3) is 0 Å². The molecule has 4 nitrogen and oxygen atoms in total. The van der Waals surface area contributed by atoms with Crippen molar-refractivity contribution in [2.75, 3.05) is 36.0 Å². The molecule has 1 aromatic carbocycles. The highest BCUT2D eigenvalue weighted by Crippen LogP contribution is 2.29. The number of pyridine rings is 1. The van der Waals surface area contributed by atoms with Gasteiger partial charge < -0.3 is 9.80 Å². The molecule has 22 heavy (non-hydrogen) atoms. The van der Waals surface area contributed by atoms with Gasteiger partial charge in [-0.25, -0.2) is 9.97 Å². The van der Waals surface area contributed by atoms with Crippen LogP contribution in [0.5, 0.6) is 0 Å². The number of anilines is 2. The van der Waals surface area contributed by atoms with Crippen LogP contribution in [0.15, 0.2) is 42.6 Å². The Bertz CT molecular complexity index is 762. The largest absolute Gasteiger partial charge is 0.368 e. The number of hydrogen-bond donors (Lipinski definition) is 0. The van der Waals surface area contributed by atoms with Crippen molar-refractivity contribution in [2.24, 2.45) is 0 Å². The summed E-state index contributed by atoms with van der Waals surface area (Å²) in [5.74, 6) is -0.425. The highest BCUT2D eigenvalue weighted by molar-refractivity contribution is 7.22. The van der Waals surface area contributed by atoms with Crippen molar-refractivity contribution in [1.29, 1.82) is 0 Å². The van der Waals surface area contributed by atoms with E-state index in [1.807, 2.05) is 24.3 Å². The van der Waals surface area contributed by atoms with E-state index in [1.165, 1.54) is 17.0 Å². The summed E-state index contributed by atoms with van der Waals surface area (Å²) in [7, 11) is 0. The van der Waals surface area contributed by atoms with E-state index >= 15 is 0 Å². The molecule has 6 heteroatoms. The predicted molar refractivity (Wildman–Crippen MR) is 88.2 cm³/mol. The van der Waals surface area contributed by atoms with Crippen molar-refractivity contribution in [2.45, 2.75) is 0 Å². The smallest absolute Gasteiger partial charge is 0.214 e. The quantitative estimate of drug-likeness (QED) is 0.680. The zero-order valence-electron chi connectivity index (χ0n) is 11.9. The monoisotopic (exact) mass is 314 g/mol. The van der Waals surface area contributed by atoms with E-state index in [0.29, 0.717) is 0 Å². The molecule has 0 bridgehead atoms. The summed E-state index contributed by atoms with van der Waals surface area (Å²) in [6.45, 7) is 3.51. The minimum Gasteiger partial charge on any atom is -0.368 e. The van der Waals surface area contributed by atoms with Crippen LogP contribution in [-0.2, 0) is 0 Å². The van der Waals surface area contributed by atoms with Gasteiger partial charge in [0, 0.05) is 44.1 Å². The maximum absolute atomic E-state index is 13.2. The van der Waals surface area contributed by atoms with Crippen LogP contribution >= 0.6 is 11.3 Å². The number of rotatable bonds is 2. The second-order valence-electron chi connectivity index (χ2n) is 5.28. The fraction of sp³-hybridized carbons (Fsp3) is 0.250. The molecule has 0 amide bonds. The average Bonchev–Trinajstić information content (AvgIpc) is 2.99. The van der Waals surface area contributed by atoms with Crippen LogP contribution in [-0.4, -0.2) is 36.1 Å². The van der Waals surface area contributed by atoms with Crippen LogP contribution in [0.2, 0.25) is 0 Å². The van der Waals surface area contributed by atoms with Crippen molar-refractivity contribution in [3.63, 3.8) is 0 Å². The maximum Gasteiger partial charge on any atom is 0.214 e. The van der Waals surface area contributed by atoms with Crippen LogP contribution in [0.3, 0.4) is 0 Å². The first kappa shape index (κ1) is 13.5. The molecule has 0 atom stereocenters. The van der Waals surface area contributed by atoms with Crippen molar-refractivity contribution in [3.8, 4) is 0 Å². The van der Waals surface area contributed by atoms with Gasteiger partial charge in [-0.2, -0.15) is 4.39 Å². The van der Waals surface area contributed by atoms with E-state index in [1.54, 1.807) is 11.3 Å². The third-order valence-corrected chi connectivity index (χ3v) is 5.01. The second-order valence-corrected chi connectivity index (χ2v) is 6.28. The fourth-order valence-corrected chi connectivity index (χ4v) is 3.76. The number of fused-ring (bicyclic) bond motifs is 1. The molecule has 0 saturated carbocycles. The van der Waals surface area contributed by atoms with Crippen LogP contribution in [0.25, 0.3) is 10.2 Å². The van der Waals surface area contributed by atoms with Crippen LogP contribution in [0.1, 0.15) is 0 Å². The van der Waals surface area contributed by atoms with Crippen molar-refractivity contribution < 1.29 is 4.39 Å². The lowest BCUT2D eigenvalue weighted by atomic mass is 10.3. The molecule has 0 unspecified atom stereocenters. The number of para-hydroxylation sites is 1. The lowest BCUT2D eigenvalue weighted by molar-refractivity contribution is 0.580. The van der Waals surface area contributed by atoms with Gasteiger partial charge in [-0.05, 0) is 18.2 Å². The summed E-state index contributed by atoms with van der Waals surface area (Å²) in [5.41, 5.74) is 1.96. The molecule has 1 saturated heterocycles. The van der Waals surface area contributed by atoms with Crippen LogP contribution in [0.4, 0.5) is 15.2 Å². The Kier molecular flexibility index (Phi) is 3.38. The van der Waals surface area contributed by atoms with Gasteiger partial charge in [0.05, 0.1) is 10.2 Å². The van der Waals surface area contributed by atoms with Gasteiger partial charge in [0.1, 0.15) is 0 Å². The zero-order valence-corrected chi connectivity index (χ0v) is 12.8. The number of nitrogens with zero attached hydrogens (tertiary/aromatic N) is 4. The first-order valence-electron chi connectivity index (χ1n) is 7.27. The fourth-order valence-electron chi connectivity index (χ4n) is 2.74. The summed E-state index contributed by atoms with van der Waals surface area (Å²) in [6, 6.07) is 11.6. The van der Waals surface area contributed by atoms with E-state index in [9.17, 15) is 4.39 Å². The molecule has 3 heterocycles. The van der Waals surface area contributed by atoms with E-state index in [-0.39, 0.29) is 0 Å². The summed E-state index contributed by atoms with van der Waals surface area (Å²) >= 11 is 1.73. The molecule has 4 rings (SSSR count). The summed E-state index contributed by atoms with van der Waals surface area (Å²) < 4.78 is 14.4. The summed E-state index contributed by atoms with van der Waals surface area (Å²) in [5, 5.41) is 1.07. The van der Waals surface area contributed by atoms with Gasteiger partial charge >= 0.3 is 0 Å². The minimum absolute atomic E-state index is 0.425. The molecular weight excluding hydrogens is 299 g/mol. The number of halogens is 1. The van der Waals surface area contributed by atoms with Crippen LogP contribution in [0, 0.1) is 5.95 Å². The molecule has 0 spiro atoms. The maximum atomic E-state index is 13.2. The average molecular weight is 314 g/mol. The number of benzene rings is 1. The Labute approximate surface area is 131 Å². The first-order chi connectivity index (χ1) is 10.8. The van der Waals surface area contributed by atoms with E-state index in [4.69, 9.17) is 4.98 Å². The number of piperazine rings is 1. The molecule has 1 aliphatic rings. The molecule has 3 aromatic rings. The van der Waals surface area contributed by atoms with Gasteiger partial charge in [-0.3, -0.25) is 0 Å². The molecule has 1 fully saturated rings. The van der Waals surface area contributed by atoms with Crippen molar-refractivity contribution in [3.05, 3.63) is 48.5 Å². The van der Waals surface area contributed by atoms with Gasteiger partial charge in [-0.1, -0.05) is 23.5 Å². The molecule has 1 aliphatic heterocycles. The Morgan fingerprint density at radius 1 is 1.00 bits per heavy atom. The molecule has 0 aliphatic carbocycles. The second kappa shape index (κ2) is 5.53. The molecule has 0 N–H and O–H groups in total. The number of thiazole rings is 1. The lowest BCUT2D eigenvalue weighted by Crippen LogP contribution is -2.46. The molecule has 0 radical (unpaired) electrons. The molecule has 2 aromatic heterocycles.